The quantitative estimate of drug-likeness (QED) is 0.690. The van der Waals surface area contributed by atoms with Crippen molar-refractivity contribution in [3.8, 4) is 0 Å². The van der Waals surface area contributed by atoms with E-state index < -0.39 is 0 Å². The Bertz CT molecular complexity index is 192. The van der Waals surface area contributed by atoms with E-state index in [-0.39, 0.29) is 11.9 Å². The van der Waals surface area contributed by atoms with Crippen molar-refractivity contribution in [2.45, 2.75) is 53.1 Å². The summed E-state index contributed by atoms with van der Waals surface area (Å²) in [6.07, 6.45) is 0.823. The van der Waals surface area contributed by atoms with Gasteiger partial charge in [0.15, 0.2) is 0 Å². The van der Waals surface area contributed by atoms with Gasteiger partial charge in [0.05, 0.1) is 13.0 Å². The van der Waals surface area contributed by atoms with Crippen LogP contribution in [-0.2, 0) is 9.53 Å². The molecule has 0 aliphatic rings. The van der Waals surface area contributed by atoms with Crippen molar-refractivity contribution in [1.82, 2.24) is 5.32 Å². The van der Waals surface area contributed by atoms with Gasteiger partial charge >= 0.3 is 5.97 Å². The fourth-order valence-electron chi connectivity index (χ4n) is 1.54. The highest BCUT2D eigenvalue weighted by atomic mass is 16.5. The molecule has 0 spiro atoms. The number of nitrogens with one attached hydrogen (secondary N) is 1. The second-order valence-corrected chi connectivity index (χ2v) is 4.76. The summed E-state index contributed by atoms with van der Waals surface area (Å²) in [7, 11) is 1.44. The van der Waals surface area contributed by atoms with E-state index in [0.717, 1.165) is 6.42 Å². The first-order valence-electron chi connectivity index (χ1n) is 5.72. The molecule has 0 bridgehead atoms. The third kappa shape index (κ3) is 5.78. The number of carbonyl (C=O) groups excluding carboxylic acids is 1. The second kappa shape index (κ2) is 6.83. The number of esters is 1. The molecule has 0 radical (unpaired) electrons. The van der Waals surface area contributed by atoms with E-state index in [9.17, 15) is 4.79 Å². The van der Waals surface area contributed by atoms with Gasteiger partial charge in [0, 0.05) is 12.1 Å². The third-order valence-electron chi connectivity index (χ3n) is 2.86. The van der Waals surface area contributed by atoms with Gasteiger partial charge in [-0.25, -0.2) is 0 Å². The maximum Gasteiger partial charge on any atom is 0.308 e. The fraction of sp³-hybridized carbons (Fsp3) is 0.917. The second-order valence-electron chi connectivity index (χ2n) is 4.76. The topological polar surface area (TPSA) is 38.3 Å². The molecule has 0 aromatic rings. The van der Waals surface area contributed by atoms with E-state index in [1.54, 1.807) is 0 Å². The van der Waals surface area contributed by atoms with Crippen LogP contribution in [0.2, 0.25) is 0 Å². The predicted molar refractivity (Wildman–Crippen MR) is 62.7 cm³/mol. The van der Waals surface area contributed by atoms with Crippen LogP contribution in [0.15, 0.2) is 0 Å². The number of hydrogen-bond acceptors (Lipinski definition) is 3. The summed E-state index contributed by atoms with van der Waals surface area (Å²) in [5.41, 5.74) is 0. The summed E-state index contributed by atoms with van der Waals surface area (Å²) in [6, 6.07) is 0.821. The molecule has 0 rings (SSSR count). The van der Waals surface area contributed by atoms with Gasteiger partial charge in [0.2, 0.25) is 0 Å². The molecule has 3 unspecified atom stereocenters. The zero-order valence-corrected chi connectivity index (χ0v) is 10.8. The highest BCUT2D eigenvalue weighted by Gasteiger charge is 2.18. The standard InChI is InChI=1S/C12H25NO2/c1-8(2)11(5)13-10(4)7-9(3)12(14)15-6/h8-11,13H,7H2,1-6H3. The molecule has 0 fully saturated rings. The number of ether oxygens (including phenoxy) is 1. The Hall–Kier alpha value is -0.570. The first-order valence-corrected chi connectivity index (χ1v) is 5.72. The van der Waals surface area contributed by atoms with Crippen molar-refractivity contribution in [2.75, 3.05) is 7.11 Å². The highest BCUT2D eigenvalue weighted by molar-refractivity contribution is 5.71. The fourth-order valence-corrected chi connectivity index (χ4v) is 1.54. The van der Waals surface area contributed by atoms with Crippen LogP contribution in [-0.4, -0.2) is 25.2 Å². The van der Waals surface area contributed by atoms with Crippen LogP contribution < -0.4 is 5.32 Å². The zero-order chi connectivity index (χ0) is 12.0. The molecular weight excluding hydrogens is 190 g/mol. The molecule has 0 saturated heterocycles. The molecule has 0 aliphatic carbocycles. The number of methoxy groups -OCH3 is 1. The lowest BCUT2D eigenvalue weighted by Gasteiger charge is -2.24. The molecule has 0 aliphatic heterocycles. The summed E-state index contributed by atoms with van der Waals surface area (Å²) >= 11 is 0. The van der Waals surface area contributed by atoms with E-state index in [1.165, 1.54) is 7.11 Å². The number of hydrogen-bond donors (Lipinski definition) is 1. The molecule has 1 N–H and O–H groups in total. The molecule has 0 saturated carbocycles. The van der Waals surface area contributed by atoms with Crippen LogP contribution in [0.5, 0.6) is 0 Å². The number of rotatable bonds is 6. The van der Waals surface area contributed by atoms with E-state index in [1.807, 2.05) is 6.92 Å². The maximum atomic E-state index is 11.2. The average Bonchev–Trinajstić information content (AvgIpc) is 2.15. The summed E-state index contributed by atoms with van der Waals surface area (Å²) in [5, 5.41) is 3.48. The lowest BCUT2D eigenvalue weighted by atomic mass is 10.00. The van der Waals surface area contributed by atoms with Crippen molar-refractivity contribution >= 4 is 5.97 Å². The van der Waals surface area contributed by atoms with E-state index in [2.05, 4.69) is 33.0 Å². The summed E-state index contributed by atoms with van der Waals surface area (Å²) in [6.45, 7) is 10.6. The minimum atomic E-state index is -0.124. The minimum Gasteiger partial charge on any atom is -0.469 e. The van der Waals surface area contributed by atoms with E-state index in [4.69, 9.17) is 4.74 Å². The van der Waals surface area contributed by atoms with Crippen LogP contribution in [0.25, 0.3) is 0 Å². The van der Waals surface area contributed by atoms with Crippen LogP contribution in [0.3, 0.4) is 0 Å². The average molecular weight is 215 g/mol. The molecule has 90 valence electrons. The van der Waals surface area contributed by atoms with Gasteiger partial charge in [-0.1, -0.05) is 20.8 Å². The first-order chi connectivity index (χ1) is 6.88. The van der Waals surface area contributed by atoms with Crippen LogP contribution >= 0.6 is 0 Å². The smallest absolute Gasteiger partial charge is 0.308 e. The molecule has 0 heterocycles. The van der Waals surface area contributed by atoms with Crippen molar-refractivity contribution in [3.05, 3.63) is 0 Å². The Labute approximate surface area is 93.6 Å². The highest BCUT2D eigenvalue weighted by Crippen LogP contribution is 2.10. The lowest BCUT2D eigenvalue weighted by Crippen LogP contribution is -2.39. The van der Waals surface area contributed by atoms with Crippen LogP contribution in [0, 0.1) is 11.8 Å². The largest absolute Gasteiger partial charge is 0.469 e. The summed E-state index contributed by atoms with van der Waals surface area (Å²) in [5.74, 6) is 0.457. The van der Waals surface area contributed by atoms with Gasteiger partial charge in [-0.3, -0.25) is 4.79 Å². The van der Waals surface area contributed by atoms with Crippen molar-refractivity contribution in [3.63, 3.8) is 0 Å². The zero-order valence-electron chi connectivity index (χ0n) is 10.8. The molecule has 3 nitrogen and oxygen atoms in total. The molecule has 3 heteroatoms. The summed E-state index contributed by atoms with van der Waals surface area (Å²) in [4.78, 5) is 11.2. The van der Waals surface area contributed by atoms with Crippen LogP contribution in [0.1, 0.15) is 41.0 Å². The Morgan fingerprint density at radius 1 is 1.20 bits per heavy atom. The van der Waals surface area contributed by atoms with Gasteiger partial charge in [-0.2, -0.15) is 0 Å². The van der Waals surface area contributed by atoms with Crippen LogP contribution in [0.4, 0.5) is 0 Å². The Balaban J connectivity index is 3.92. The van der Waals surface area contributed by atoms with Crippen molar-refractivity contribution < 1.29 is 9.53 Å². The van der Waals surface area contributed by atoms with Gasteiger partial charge < -0.3 is 10.1 Å². The Morgan fingerprint density at radius 2 is 1.73 bits per heavy atom. The van der Waals surface area contributed by atoms with Gasteiger partial charge in [0.25, 0.3) is 0 Å². The molecule has 0 aromatic carbocycles. The van der Waals surface area contributed by atoms with Gasteiger partial charge in [-0.15, -0.1) is 0 Å². The molecule has 3 atom stereocenters. The third-order valence-corrected chi connectivity index (χ3v) is 2.86. The SMILES string of the molecule is COC(=O)C(C)CC(C)NC(C)C(C)C. The molecular formula is C12H25NO2. The van der Waals surface area contributed by atoms with Gasteiger partial charge in [-0.05, 0) is 26.2 Å². The first kappa shape index (κ1) is 14.4. The predicted octanol–water partition coefficient (Wildman–Crippen LogP) is 2.21. The van der Waals surface area contributed by atoms with E-state index >= 15 is 0 Å². The van der Waals surface area contributed by atoms with Gasteiger partial charge in [0.1, 0.15) is 0 Å². The maximum absolute atomic E-state index is 11.2. The van der Waals surface area contributed by atoms with E-state index in [0.29, 0.717) is 18.0 Å². The lowest BCUT2D eigenvalue weighted by molar-refractivity contribution is -0.145. The Kier molecular flexibility index (Phi) is 6.57. The Morgan fingerprint density at radius 3 is 2.13 bits per heavy atom. The molecule has 0 amide bonds. The minimum absolute atomic E-state index is 0.0307. The normalized spacial score (nSPS) is 17.3. The molecule has 15 heavy (non-hydrogen) atoms. The number of carbonyl (C=O) groups is 1. The summed E-state index contributed by atoms with van der Waals surface area (Å²) < 4.78 is 4.70. The van der Waals surface area contributed by atoms with Crippen molar-refractivity contribution in [2.24, 2.45) is 11.8 Å². The monoisotopic (exact) mass is 215 g/mol. The van der Waals surface area contributed by atoms with Crippen molar-refractivity contribution in [1.29, 1.82) is 0 Å². The molecule has 0 aromatic heterocycles.